The highest BCUT2D eigenvalue weighted by molar-refractivity contribution is 8.00. The van der Waals surface area contributed by atoms with Crippen molar-refractivity contribution in [3.05, 3.63) is 29.6 Å². The van der Waals surface area contributed by atoms with Crippen LogP contribution in [0.2, 0.25) is 0 Å². The molecule has 1 aromatic carbocycles. The predicted octanol–water partition coefficient (Wildman–Crippen LogP) is 3.14. The van der Waals surface area contributed by atoms with Crippen molar-refractivity contribution in [1.82, 2.24) is 0 Å². The molecule has 0 saturated heterocycles. The van der Waals surface area contributed by atoms with E-state index in [1.54, 1.807) is 17.8 Å². The van der Waals surface area contributed by atoms with Gasteiger partial charge in [0, 0.05) is 10.1 Å². The minimum Gasteiger partial charge on any atom is -0.330 e. The lowest BCUT2D eigenvalue weighted by atomic mass is 10.0. The summed E-state index contributed by atoms with van der Waals surface area (Å²) in [7, 11) is 0. The number of rotatable bonds is 4. The van der Waals surface area contributed by atoms with Crippen LogP contribution in [0.3, 0.4) is 0 Å². The van der Waals surface area contributed by atoms with E-state index < -0.39 is 0 Å². The molecule has 0 amide bonds. The molecule has 1 aliphatic rings. The van der Waals surface area contributed by atoms with Crippen LogP contribution in [0.5, 0.6) is 0 Å². The fourth-order valence-electron chi connectivity index (χ4n) is 1.42. The van der Waals surface area contributed by atoms with Gasteiger partial charge in [0.1, 0.15) is 5.82 Å². The van der Waals surface area contributed by atoms with Crippen molar-refractivity contribution in [2.75, 3.05) is 6.54 Å². The molecule has 0 spiro atoms. The van der Waals surface area contributed by atoms with Crippen LogP contribution in [-0.2, 0) is 0 Å². The van der Waals surface area contributed by atoms with E-state index in [4.69, 9.17) is 5.73 Å². The Labute approximate surface area is 94.2 Å². The molecular formula is C12H16FNS. The normalized spacial score (nSPS) is 17.8. The van der Waals surface area contributed by atoms with E-state index in [0.717, 1.165) is 10.5 Å². The van der Waals surface area contributed by atoms with E-state index >= 15 is 0 Å². The summed E-state index contributed by atoms with van der Waals surface area (Å²) in [5, 5.41) is 0.650. The molecule has 0 aromatic heterocycles. The van der Waals surface area contributed by atoms with E-state index in [2.05, 4.69) is 0 Å². The third-order valence-corrected chi connectivity index (χ3v) is 4.09. The Morgan fingerprint density at radius 1 is 1.53 bits per heavy atom. The Hall–Kier alpha value is -0.540. The number of hydrogen-bond acceptors (Lipinski definition) is 2. The summed E-state index contributed by atoms with van der Waals surface area (Å²) >= 11 is 1.66. The molecule has 0 radical (unpaired) electrons. The van der Waals surface area contributed by atoms with E-state index in [-0.39, 0.29) is 11.7 Å². The first-order chi connectivity index (χ1) is 7.20. The Morgan fingerprint density at radius 3 is 2.80 bits per heavy atom. The smallest absolute Gasteiger partial charge is 0.137 e. The summed E-state index contributed by atoms with van der Waals surface area (Å²) in [5.41, 5.74) is 6.55. The van der Waals surface area contributed by atoms with Gasteiger partial charge in [0.05, 0.1) is 0 Å². The second-order valence-electron chi connectivity index (χ2n) is 4.14. The summed E-state index contributed by atoms with van der Waals surface area (Å²) < 4.78 is 13.7. The first-order valence-electron chi connectivity index (χ1n) is 5.37. The van der Waals surface area contributed by atoms with Gasteiger partial charge in [-0.2, -0.15) is 0 Å². The SMILES string of the molecule is CC(CN)c1ccc(SC2CC2)c(F)c1. The first-order valence-corrected chi connectivity index (χ1v) is 6.25. The number of halogens is 1. The molecule has 3 heteroatoms. The lowest BCUT2D eigenvalue weighted by molar-refractivity contribution is 0.596. The molecule has 2 N–H and O–H groups in total. The lowest BCUT2D eigenvalue weighted by Crippen LogP contribution is -2.09. The van der Waals surface area contributed by atoms with Crippen LogP contribution in [0.15, 0.2) is 23.1 Å². The Kier molecular flexibility index (Phi) is 3.32. The predicted molar refractivity (Wildman–Crippen MR) is 62.7 cm³/mol. The average molecular weight is 225 g/mol. The summed E-state index contributed by atoms with van der Waals surface area (Å²) in [4.78, 5) is 0.783. The molecule has 82 valence electrons. The monoisotopic (exact) mass is 225 g/mol. The van der Waals surface area contributed by atoms with Crippen molar-refractivity contribution in [2.45, 2.75) is 35.8 Å². The van der Waals surface area contributed by atoms with Gasteiger partial charge in [-0.1, -0.05) is 13.0 Å². The van der Waals surface area contributed by atoms with Gasteiger partial charge < -0.3 is 5.73 Å². The van der Waals surface area contributed by atoms with Gasteiger partial charge in [0.25, 0.3) is 0 Å². The minimum atomic E-state index is -0.0929. The zero-order valence-electron chi connectivity index (χ0n) is 8.87. The highest BCUT2D eigenvalue weighted by Gasteiger charge is 2.23. The topological polar surface area (TPSA) is 26.0 Å². The van der Waals surface area contributed by atoms with Crippen LogP contribution in [0.1, 0.15) is 31.2 Å². The quantitative estimate of drug-likeness (QED) is 0.852. The molecule has 1 fully saturated rings. The summed E-state index contributed by atoms with van der Waals surface area (Å²) in [6, 6.07) is 5.51. The van der Waals surface area contributed by atoms with Gasteiger partial charge in [-0.25, -0.2) is 4.39 Å². The van der Waals surface area contributed by atoms with Crippen LogP contribution < -0.4 is 5.73 Å². The fraction of sp³-hybridized carbons (Fsp3) is 0.500. The van der Waals surface area contributed by atoms with E-state index in [1.807, 2.05) is 19.1 Å². The lowest BCUT2D eigenvalue weighted by Gasteiger charge is -2.10. The van der Waals surface area contributed by atoms with Crippen LogP contribution >= 0.6 is 11.8 Å². The highest BCUT2D eigenvalue weighted by atomic mass is 32.2. The van der Waals surface area contributed by atoms with Crippen molar-refractivity contribution in [1.29, 1.82) is 0 Å². The van der Waals surface area contributed by atoms with Crippen molar-refractivity contribution in [3.63, 3.8) is 0 Å². The Bertz CT molecular complexity index is 349. The molecular weight excluding hydrogens is 209 g/mol. The van der Waals surface area contributed by atoms with Gasteiger partial charge in [0.15, 0.2) is 0 Å². The molecule has 1 aromatic rings. The largest absolute Gasteiger partial charge is 0.330 e. The summed E-state index contributed by atoms with van der Waals surface area (Å²) in [5.74, 6) is 0.143. The molecule has 1 saturated carbocycles. The molecule has 1 nitrogen and oxygen atoms in total. The van der Waals surface area contributed by atoms with E-state index in [1.165, 1.54) is 12.8 Å². The van der Waals surface area contributed by atoms with Gasteiger partial charge in [-0.3, -0.25) is 0 Å². The molecule has 2 rings (SSSR count). The number of hydrogen-bond donors (Lipinski definition) is 1. The maximum Gasteiger partial charge on any atom is 0.137 e. The molecule has 0 bridgehead atoms. The van der Waals surface area contributed by atoms with Crippen molar-refractivity contribution < 1.29 is 4.39 Å². The zero-order chi connectivity index (χ0) is 10.8. The summed E-state index contributed by atoms with van der Waals surface area (Å²) in [6.45, 7) is 2.58. The molecule has 1 unspecified atom stereocenters. The summed E-state index contributed by atoms with van der Waals surface area (Å²) in [6.07, 6.45) is 2.45. The fourth-order valence-corrected chi connectivity index (χ4v) is 2.47. The van der Waals surface area contributed by atoms with Crippen LogP contribution in [-0.4, -0.2) is 11.8 Å². The van der Waals surface area contributed by atoms with Crippen LogP contribution in [0, 0.1) is 5.82 Å². The second kappa shape index (κ2) is 4.54. The Balaban J connectivity index is 2.13. The maximum atomic E-state index is 13.7. The molecule has 15 heavy (non-hydrogen) atoms. The Morgan fingerprint density at radius 2 is 2.27 bits per heavy atom. The van der Waals surface area contributed by atoms with Crippen LogP contribution in [0.4, 0.5) is 4.39 Å². The second-order valence-corrected chi connectivity index (χ2v) is 5.49. The molecule has 0 heterocycles. The van der Waals surface area contributed by atoms with Crippen molar-refractivity contribution in [3.8, 4) is 0 Å². The standard InChI is InChI=1S/C12H16FNS/c1-8(7-14)9-2-5-12(11(13)6-9)15-10-3-4-10/h2,5-6,8,10H,3-4,7,14H2,1H3. The number of thioether (sulfide) groups is 1. The van der Waals surface area contributed by atoms with Gasteiger partial charge >= 0.3 is 0 Å². The van der Waals surface area contributed by atoms with Gasteiger partial charge in [-0.15, -0.1) is 11.8 Å². The third-order valence-electron chi connectivity index (χ3n) is 2.70. The number of nitrogens with two attached hydrogens (primary N) is 1. The molecule has 1 atom stereocenters. The third kappa shape index (κ3) is 2.73. The maximum absolute atomic E-state index is 13.7. The average Bonchev–Trinajstić information content (AvgIpc) is 3.04. The van der Waals surface area contributed by atoms with E-state index in [9.17, 15) is 4.39 Å². The van der Waals surface area contributed by atoms with Crippen LogP contribution in [0.25, 0.3) is 0 Å². The van der Waals surface area contributed by atoms with Crippen molar-refractivity contribution in [2.24, 2.45) is 5.73 Å². The zero-order valence-corrected chi connectivity index (χ0v) is 9.69. The molecule has 1 aliphatic carbocycles. The van der Waals surface area contributed by atoms with E-state index in [0.29, 0.717) is 11.8 Å². The van der Waals surface area contributed by atoms with Gasteiger partial charge in [-0.05, 0) is 43.0 Å². The molecule has 0 aliphatic heterocycles. The number of benzene rings is 1. The first kappa shape index (κ1) is 11.0. The van der Waals surface area contributed by atoms with Gasteiger partial charge in [0.2, 0.25) is 0 Å². The van der Waals surface area contributed by atoms with Crippen molar-refractivity contribution >= 4 is 11.8 Å². The minimum absolute atomic E-state index is 0.0929. The highest BCUT2D eigenvalue weighted by Crippen LogP contribution is 2.40.